The first kappa shape index (κ1) is 20.0. The summed E-state index contributed by atoms with van der Waals surface area (Å²) < 4.78 is 18.7. The Kier molecular flexibility index (Phi) is 6.05. The van der Waals surface area contributed by atoms with Crippen LogP contribution < -0.4 is 19.5 Å². The molecule has 0 unspecified atom stereocenters. The van der Waals surface area contributed by atoms with Crippen molar-refractivity contribution >= 4 is 21.5 Å². The van der Waals surface area contributed by atoms with Gasteiger partial charge in [0.05, 0.1) is 27.7 Å². The number of hydrogen-bond donors (Lipinski definition) is 1. The molecule has 0 bridgehead atoms. The number of nitrogens with zero attached hydrogens (tertiary/aromatic N) is 2. The molecule has 0 fully saturated rings. The third kappa shape index (κ3) is 4.04. The summed E-state index contributed by atoms with van der Waals surface area (Å²) in [5.74, 6) is 2.29. The van der Waals surface area contributed by atoms with Crippen LogP contribution in [-0.4, -0.2) is 37.4 Å². The highest BCUT2D eigenvalue weighted by Gasteiger charge is 2.13. The summed E-state index contributed by atoms with van der Waals surface area (Å²) >= 11 is 0. The third-order valence-electron chi connectivity index (χ3n) is 5.39. The van der Waals surface area contributed by atoms with E-state index in [1.165, 1.54) is 10.9 Å². The van der Waals surface area contributed by atoms with Gasteiger partial charge in [-0.15, -0.1) is 0 Å². The first-order valence-corrected chi connectivity index (χ1v) is 10.1. The number of rotatable bonds is 9. The number of nitrogens with one attached hydrogen (secondary N) is 1. The van der Waals surface area contributed by atoms with E-state index >= 15 is 0 Å². The molecular weight excluding hydrogens is 378 g/mol. The summed E-state index contributed by atoms with van der Waals surface area (Å²) in [4.78, 5) is 4.09. The van der Waals surface area contributed by atoms with Crippen molar-refractivity contribution in [3.8, 4) is 17.2 Å². The maximum atomic E-state index is 5.56. The molecule has 0 spiro atoms. The van der Waals surface area contributed by atoms with Gasteiger partial charge < -0.3 is 24.1 Å². The summed E-state index contributed by atoms with van der Waals surface area (Å²) in [6.45, 7) is 2.65. The van der Waals surface area contributed by atoms with Gasteiger partial charge in [0, 0.05) is 25.5 Å². The molecule has 6 heteroatoms. The molecule has 0 amide bonds. The van der Waals surface area contributed by atoms with Gasteiger partial charge in [-0.2, -0.15) is 0 Å². The Morgan fingerprint density at radius 3 is 2.40 bits per heavy atom. The van der Waals surface area contributed by atoms with E-state index in [1.807, 2.05) is 24.8 Å². The summed E-state index contributed by atoms with van der Waals surface area (Å²) in [6.07, 6.45) is 6.69. The minimum absolute atomic E-state index is 0.722. The van der Waals surface area contributed by atoms with Crippen LogP contribution >= 0.6 is 0 Å². The van der Waals surface area contributed by atoms with E-state index in [2.05, 4.69) is 45.2 Å². The monoisotopic (exact) mass is 405 g/mol. The average Bonchev–Trinajstić information content (AvgIpc) is 3.31. The number of aromatic nitrogens is 2. The lowest BCUT2D eigenvalue weighted by molar-refractivity contribution is 0.356. The molecule has 0 aliphatic carbocycles. The number of imidazole rings is 1. The smallest absolute Gasteiger partial charge is 0.161 e. The van der Waals surface area contributed by atoms with Crippen LogP contribution in [0.3, 0.4) is 0 Å². The molecule has 3 aromatic carbocycles. The summed E-state index contributed by atoms with van der Waals surface area (Å²) in [5, 5.41) is 8.16. The zero-order chi connectivity index (χ0) is 20.9. The van der Waals surface area contributed by atoms with E-state index in [-0.39, 0.29) is 0 Å². The fourth-order valence-electron chi connectivity index (χ4n) is 3.83. The van der Waals surface area contributed by atoms with E-state index in [1.54, 1.807) is 21.3 Å². The fraction of sp³-hybridized carbons (Fsp3) is 0.292. The summed E-state index contributed by atoms with van der Waals surface area (Å²) in [7, 11) is 5.02. The molecule has 1 N–H and O–H groups in total. The van der Waals surface area contributed by atoms with Crippen molar-refractivity contribution in [2.75, 3.05) is 27.9 Å². The third-order valence-corrected chi connectivity index (χ3v) is 5.39. The molecule has 1 aromatic heterocycles. The van der Waals surface area contributed by atoms with Crippen LogP contribution in [0.25, 0.3) is 21.5 Å². The molecule has 0 aliphatic rings. The van der Waals surface area contributed by atoms with Crippen LogP contribution in [0.5, 0.6) is 17.2 Å². The molecule has 156 valence electrons. The van der Waals surface area contributed by atoms with Gasteiger partial charge in [0.1, 0.15) is 5.75 Å². The summed E-state index contributed by atoms with van der Waals surface area (Å²) in [5.41, 5.74) is 1.23. The van der Waals surface area contributed by atoms with Gasteiger partial charge in [0.2, 0.25) is 0 Å². The highest BCUT2D eigenvalue weighted by Crippen LogP contribution is 2.38. The van der Waals surface area contributed by atoms with Crippen molar-refractivity contribution in [3.05, 3.63) is 60.7 Å². The molecule has 0 atom stereocenters. The lowest BCUT2D eigenvalue weighted by Gasteiger charge is -2.16. The highest BCUT2D eigenvalue weighted by molar-refractivity contribution is 6.10. The van der Waals surface area contributed by atoms with E-state index < -0.39 is 0 Å². The molecule has 0 saturated carbocycles. The minimum atomic E-state index is 0.722. The Hall–Kier alpha value is -3.25. The molecule has 30 heavy (non-hydrogen) atoms. The van der Waals surface area contributed by atoms with E-state index in [0.29, 0.717) is 0 Å². The van der Waals surface area contributed by atoms with Gasteiger partial charge in [-0.05, 0) is 70.4 Å². The van der Waals surface area contributed by atoms with Gasteiger partial charge in [-0.3, -0.25) is 0 Å². The maximum Gasteiger partial charge on any atom is 0.161 e. The van der Waals surface area contributed by atoms with Crippen molar-refractivity contribution in [1.82, 2.24) is 14.9 Å². The highest BCUT2D eigenvalue weighted by atomic mass is 16.5. The van der Waals surface area contributed by atoms with Gasteiger partial charge in [-0.1, -0.05) is 6.07 Å². The largest absolute Gasteiger partial charge is 0.497 e. The molecule has 0 aliphatic heterocycles. The average molecular weight is 405 g/mol. The standard InChI is InChI=1S/C24H27N3O3/c1-28-19-6-5-17-11-18(15-25-7-4-9-27-10-8-26-16-27)21-13-23(29-2)24(30-3)14-22(21)20(17)12-19/h5-6,8,10-14,16,25H,4,7,9,15H2,1-3H3. The van der Waals surface area contributed by atoms with Crippen LogP contribution in [0.1, 0.15) is 12.0 Å². The first-order valence-electron chi connectivity index (χ1n) is 10.1. The van der Waals surface area contributed by atoms with Gasteiger partial charge in [-0.25, -0.2) is 4.98 Å². The second-order valence-electron chi connectivity index (χ2n) is 7.21. The van der Waals surface area contributed by atoms with Gasteiger partial charge in [0.15, 0.2) is 11.5 Å². The quantitative estimate of drug-likeness (QED) is 0.330. The number of fused-ring (bicyclic) bond motifs is 3. The molecule has 0 saturated heterocycles. The first-order chi connectivity index (χ1) is 14.7. The molecule has 6 nitrogen and oxygen atoms in total. The Balaban J connectivity index is 1.66. The van der Waals surface area contributed by atoms with Crippen LogP contribution in [0.2, 0.25) is 0 Å². The number of methoxy groups -OCH3 is 3. The van der Waals surface area contributed by atoms with Crippen molar-refractivity contribution < 1.29 is 14.2 Å². The van der Waals surface area contributed by atoms with E-state index in [4.69, 9.17) is 14.2 Å². The van der Waals surface area contributed by atoms with Crippen LogP contribution in [-0.2, 0) is 13.1 Å². The fourth-order valence-corrected chi connectivity index (χ4v) is 3.83. The van der Waals surface area contributed by atoms with Crippen molar-refractivity contribution in [3.63, 3.8) is 0 Å². The lowest BCUT2D eigenvalue weighted by Crippen LogP contribution is -2.16. The van der Waals surface area contributed by atoms with Crippen molar-refractivity contribution in [2.24, 2.45) is 0 Å². The summed E-state index contributed by atoms with van der Waals surface area (Å²) in [6, 6.07) is 12.5. The van der Waals surface area contributed by atoms with Gasteiger partial charge in [0.25, 0.3) is 0 Å². The topological polar surface area (TPSA) is 57.5 Å². The number of ether oxygens (including phenoxy) is 3. The lowest BCUT2D eigenvalue weighted by atomic mass is 9.96. The number of aryl methyl sites for hydroxylation is 1. The normalized spacial score (nSPS) is 11.2. The SMILES string of the molecule is COc1ccc2cc(CNCCCn3ccnc3)c3cc(OC)c(OC)cc3c2c1. The predicted octanol–water partition coefficient (Wildman–Crippen LogP) is 4.40. The van der Waals surface area contributed by atoms with Crippen LogP contribution in [0.15, 0.2) is 55.1 Å². The van der Waals surface area contributed by atoms with E-state index in [0.717, 1.165) is 59.5 Å². The number of benzene rings is 3. The number of hydrogen-bond acceptors (Lipinski definition) is 5. The molecule has 4 aromatic rings. The molecule has 1 heterocycles. The Labute approximate surface area is 176 Å². The Morgan fingerprint density at radius 1 is 0.900 bits per heavy atom. The van der Waals surface area contributed by atoms with E-state index in [9.17, 15) is 0 Å². The zero-order valence-corrected chi connectivity index (χ0v) is 17.6. The zero-order valence-electron chi connectivity index (χ0n) is 17.6. The Morgan fingerprint density at radius 2 is 1.70 bits per heavy atom. The van der Waals surface area contributed by atoms with Crippen LogP contribution in [0, 0.1) is 0 Å². The predicted molar refractivity (Wildman–Crippen MR) is 120 cm³/mol. The molecule has 4 rings (SSSR count). The second kappa shape index (κ2) is 9.05. The van der Waals surface area contributed by atoms with Crippen molar-refractivity contribution in [2.45, 2.75) is 19.5 Å². The molecular formula is C24H27N3O3. The minimum Gasteiger partial charge on any atom is -0.497 e. The Bertz CT molecular complexity index is 1140. The second-order valence-corrected chi connectivity index (χ2v) is 7.21. The maximum absolute atomic E-state index is 5.56. The van der Waals surface area contributed by atoms with Crippen molar-refractivity contribution in [1.29, 1.82) is 0 Å². The van der Waals surface area contributed by atoms with Crippen LogP contribution in [0.4, 0.5) is 0 Å². The van der Waals surface area contributed by atoms with Gasteiger partial charge >= 0.3 is 0 Å². The molecule has 0 radical (unpaired) electrons.